The van der Waals surface area contributed by atoms with Crippen molar-refractivity contribution < 1.29 is 15.2 Å². The predicted octanol–water partition coefficient (Wildman–Crippen LogP) is 1.77. The summed E-state index contributed by atoms with van der Waals surface area (Å²) >= 11 is 0. The summed E-state index contributed by atoms with van der Waals surface area (Å²) in [5.41, 5.74) is 0. The highest BCUT2D eigenvalue weighted by atomic mass is 16.7. The van der Waals surface area contributed by atoms with Crippen LogP contribution in [0.3, 0.4) is 0 Å². The van der Waals surface area contributed by atoms with E-state index in [1.54, 1.807) is 0 Å². The highest BCUT2D eigenvalue weighted by molar-refractivity contribution is 4.97. The van der Waals surface area contributed by atoms with Gasteiger partial charge in [0.25, 0.3) is 0 Å². The summed E-state index contributed by atoms with van der Waals surface area (Å²) < 4.78 is 0. The Labute approximate surface area is 102 Å². The number of rotatable bonds is 7. The second-order valence-corrected chi connectivity index (χ2v) is 3.16. The van der Waals surface area contributed by atoms with Gasteiger partial charge in [0.1, 0.15) is 0 Å². The SMILES string of the molecule is N#[N+]C=C(O)CCN(CCC(O)=C[N+]#N)[N+](=O)[O-]. The van der Waals surface area contributed by atoms with E-state index in [0.29, 0.717) is 0 Å². The molecule has 0 atom stereocenters. The predicted molar refractivity (Wildman–Crippen MR) is 59.4 cm³/mol. The zero-order valence-corrected chi connectivity index (χ0v) is 9.38. The van der Waals surface area contributed by atoms with Gasteiger partial charge in [-0.3, -0.25) is 0 Å². The van der Waals surface area contributed by atoms with E-state index in [4.69, 9.17) is 21.0 Å². The highest BCUT2D eigenvalue weighted by Gasteiger charge is 2.17. The molecule has 0 aromatic heterocycles. The summed E-state index contributed by atoms with van der Waals surface area (Å²) in [6.45, 7) is -0.261. The molecule has 96 valence electrons. The molecule has 0 amide bonds. The van der Waals surface area contributed by atoms with Crippen LogP contribution in [0.4, 0.5) is 0 Å². The normalized spacial score (nSPS) is 11.4. The minimum Gasteiger partial charge on any atom is -0.505 e. The Morgan fingerprint density at radius 1 is 1.17 bits per heavy atom. The van der Waals surface area contributed by atoms with Gasteiger partial charge in [-0.1, -0.05) is 0 Å². The molecule has 0 aliphatic rings. The smallest absolute Gasteiger partial charge is 0.387 e. The van der Waals surface area contributed by atoms with Crippen LogP contribution in [0, 0.1) is 20.9 Å². The molecule has 0 spiro atoms. The molecule has 10 nitrogen and oxygen atoms in total. The van der Waals surface area contributed by atoms with Crippen LogP contribution in [-0.2, 0) is 0 Å². The minimum absolute atomic E-state index is 0.0834. The second kappa shape index (κ2) is 8.29. The molecule has 0 aliphatic carbocycles. The van der Waals surface area contributed by atoms with Gasteiger partial charge in [-0.05, 0) is 0 Å². The molecule has 0 aromatic rings. The molecular formula is C8H12N6O4+2. The van der Waals surface area contributed by atoms with Crippen LogP contribution in [0.25, 0.3) is 9.95 Å². The van der Waals surface area contributed by atoms with Crippen LogP contribution >= 0.6 is 0 Å². The van der Waals surface area contributed by atoms with Gasteiger partial charge >= 0.3 is 12.4 Å². The van der Waals surface area contributed by atoms with Gasteiger partial charge in [0.15, 0.2) is 26.5 Å². The largest absolute Gasteiger partial charge is 0.505 e. The lowest BCUT2D eigenvalue weighted by atomic mass is 10.3. The monoisotopic (exact) mass is 256 g/mol. The molecule has 0 saturated carbocycles. The number of hydrogen-bond acceptors (Lipinski definition) is 6. The maximum Gasteiger partial charge on any atom is 0.387 e. The van der Waals surface area contributed by atoms with E-state index >= 15 is 0 Å². The Bertz CT molecular complexity index is 398. The first-order chi connectivity index (χ1) is 8.51. The number of nitro groups is 1. The molecule has 0 aliphatic heterocycles. The summed E-state index contributed by atoms with van der Waals surface area (Å²) in [5.74, 6) is -0.621. The Kier molecular flexibility index (Phi) is 6.97. The van der Waals surface area contributed by atoms with Gasteiger partial charge in [0.05, 0.1) is 13.1 Å². The van der Waals surface area contributed by atoms with Crippen molar-refractivity contribution in [3.63, 3.8) is 0 Å². The Morgan fingerprint density at radius 3 is 1.83 bits per heavy atom. The number of nitrogens with zero attached hydrogens (tertiary/aromatic N) is 6. The van der Waals surface area contributed by atoms with Gasteiger partial charge in [0.2, 0.25) is 10.8 Å². The molecule has 0 heterocycles. The van der Waals surface area contributed by atoms with E-state index in [1.165, 1.54) is 0 Å². The highest BCUT2D eigenvalue weighted by Crippen LogP contribution is 2.04. The van der Waals surface area contributed by atoms with Crippen molar-refractivity contribution in [2.45, 2.75) is 12.8 Å². The zero-order valence-electron chi connectivity index (χ0n) is 9.38. The first-order valence-electron chi connectivity index (χ1n) is 4.85. The molecular weight excluding hydrogens is 244 g/mol. The molecule has 2 N–H and O–H groups in total. The minimum atomic E-state index is -0.688. The van der Waals surface area contributed by atoms with E-state index in [0.717, 1.165) is 17.4 Å². The van der Waals surface area contributed by atoms with E-state index < -0.39 is 5.03 Å². The standard InChI is InChI=1S/C8H10N6O4/c9-11-5-7(15)1-3-13(14(17)18)4-2-8(16)6-12-10/h5-6H,1-4H2/p+2. The van der Waals surface area contributed by atoms with Crippen molar-refractivity contribution in [3.05, 3.63) is 44.0 Å². The third kappa shape index (κ3) is 6.58. The molecule has 0 rings (SSSR count). The molecule has 0 bridgehead atoms. The Balaban J connectivity index is 4.31. The van der Waals surface area contributed by atoms with Crippen molar-refractivity contribution in [1.29, 1.82) is 10.8 Å². The summed E-state index contributed by atoms with van der Waals surface area (Å²) in [6, 6.07) is 0. The van der Waals surface area contributed by atoms with Crippen molar-refractivity contribution in [2.24, 2.45) is 0 Å². The third-order valence-electron chi connectivity index (χ3n) is 1.90. The summed E-state index contributed by atoms with van der Waals surface area (Å²) in [7, 11) is 0. The van der Waals surface area contributed by atoms with Crippen molar-refractivity contribution in [3.8, 4) is 0 Å². The third-order valence-corrected chi connectivity index (χ3v) is 1.90. The number of diazo groups is 2. The molecule has 0 aromatic carbocycles. The van der Waals surface area contributed by atoms with Crippen LogP contribution in [0.1, 0.15) is 12.8 Å². The van der Waals surface area contributed by atoms with Crippen molar-refractivity contribution in [1.82, 2.24) is 5.01 Å². The van der Waals surface area contributed by atoms with Gasteiger partial charge in [0, 0.05) is 12.8 Å². The first kappa shape index (κ1) is 15.1. The van der Waals surface area contributed by atoms with Gasteiger partial charge < -0.3 is 10.2 Å². The van der Waals surface area contributed by atoms with E-state index in [-0.39, 0.29) is 37.4 Å². The molecule has 0 radical (unpaired) electrons. The van der Waals surface area contributed by atoms with E-state index in [9.17, 15) is 10.1 Å². The topological polar surface area (TPSA) is 143 Å². The van der Waals surface area contributed by atoms with Gasteiger partial charge in [-0.15, -0.1) is 5.01 Å². The van der Waals surface area contributed by atoms with Crippen LogP contribution in [0.15, 0.2) is 23.9 Å². The average molecular weight is 256 g/mol. The zero-order chi connectivity index (χ0) is 14.0. The van der Waals surface area contributed by atoms with Crippen LogP contribution in [-0.4, -0.2) is 33.3 Å². The first-order valence-corrected chi connectivity index (χ1v) is 4.85. The Morgan fingerprint density at radius 2 is 1.56 bits per heavy atom. The number of hydrogen-bond donors (Lipinski definition) is 2. The Hall–Kier alpha value is -2.88. The fourth-order valence-electron chi connectivity index (χ4n) is 1.02. The maximum atomic E-state index is 10.6. The molecule has 0 unspecified atom stereocenters. The van der Waals surface area contributed by atoms with Crippen molar-refractivity contribution >= 4 is 0 Å². The van der Waals surface area contributed by atoms with E-state index in [2.05, 4.69) is 9.95 Å². The van der Waals surface area contributed by atoms with E-state index in [1.807, 2.05) is 0 Å². The molecule has 18 heavy (non-hydrogen) atoms. The quantitative estimate of drug-likeness (QED) is 0.305. The lowest BCUT2D eigenvalue weighted by Gasteiger charge is -2.12. The number of aliphatic hydroxyl groups is 2. The lowest BCUT2D eigenvalue weighted by molar-refractivity contribution is -0.655. The molecule has 10 heteroatoms. The number of hydrazine groups is 1. The summed E-state index contributed by atoms with van der Waals surface area (Å²) in [6.07, 6.45) is 1.36. The van der Waals surface area contributed by atoms with Gasteiger partial charge in [-0.25, -0.2) is 10.1 Å². The van der Waals surface area contributed by atoms with Gasteiger partial charge in [-0.2, -0.15) is 0 Å². The maximum absolute atomic E-state index is 10.6. The number of aliphatic hydroxyl groups excluding tert-OH is 2. The van der Waals surface area contributed by atoms with Crippen LogP contribution in [0.2, 0.25) is 0 Å². The fraction of sp³-hybridized carbons (Fsp3) is 0.500. The fourth-order valence-corrected chi connectivity index (χ4v) is 1.02. The summed E-state index contributed by atoms with van der Waals surface area (Å²) in [4.78, 5) is 15.8. The summed E-state index contributed by atoms with van der Waals surface area (Å²) in [5, 5.41) is 45.1. The second-order valence-electron chi connectivity index (χ2n) is 3.16. The molecule has 0 saturated heterocycles. The van der Waals surface area contributed by atoms with Crippen LogP contribution < -0.4 is 0 Å². The van der Waals surface area contributed by atoms with Crippen molar-refractivity contribution in [2.75, 3.05) is 13.1 Å². The molecule has 0 fully saturated rings. The average Bonchev–Trinajstić information content (AvgIpc) is 2.29. The van der Waals surface area contributed by atoms with Crippen LogP contribution in [0.5, 0.6) is 0 Å². The lowest BCUT2D eigenvalue weighted by Crippen LogP contribution is -2.32.